The molecule has 0 atom stereocenters. The van der Waals surface area contributed by atoms with Crippen LogP contribution < -0.4 is 10.0 Å². The summed E-state index contributed by atoms with van der Waals surface area (Å²) in [6.07, 6.45) is 0.772. The van der Waals surface area contributed by atoms with Crippen molar-refractivity contribution in [2.45, 2.75) is 11.3 Å². The van der Waals surface area contributed by atoms with Gasteiger partial charge in [-0.2, -0.15) is 0 Å². The van der Waals surface area contributed by atoms with Gasteiger partial charge in [0.05, 0.1) is 18.0 Å². The first-order valence-electron chi connectivity index (χ1n) is 10.2. The molecule has 1 fully saturated rings. The van der Waals surface area contributed by atoms with Gasteiger partial charge in [0, 0.05) is 65.7 Å². The SMILES string of the molecule is COCCCNC(=O)CN1CCN(C(=O)c2ccc(S(=O)(=O)NCCOC)cc2)CC1. The van der Waals surface area contributed by atoms with Crippen molar-refractivity contribution in [2.75, 3.05) is 73.2 Å². The zero-order valence-electron chi connectivity index (χ0n) is 18.1. The number of amides is 2. The van der Waals surface area contributed by atoms with E-state index in [-0.39, 0.29) is 29.9 Å². The van der Waals surface area contributed by atoms with Crippen LogP contribution in [0.4, 0.5) is 0 Å². The summed E-state index contributed by atoms with van der Waals surface area (Å²) < 4.78 is 36.6. The standard InChI is InChI=1S/C20H32N4O6S/c1-29-14-3-8-21-19(25)16-23-10-12-24(13-11-23)20(26)17-4-6-18(7-5-17)31(27,28)22-9-15-30-2/h4-7,22H,3,8-16H2,1-2H3,(H,21,25). The summed E-state index contributed by atoms with van der Waals surface area (Å²) in [5.74, 6) is -0.188. The fourth-order valence-corrected chi connectivity index (χ4v) is 4.15. The van der Waals surface area contributed by atoms with Gasteiger partial charge in [-0.25, -0.2) is 13.1 Å². The summed E-state index contributed by atoms with van der Waals surface area (Å²) >= 11 is 0. The molecule has 1 aliphatic rings. The van der Waals surface area contributed by atoms with Crippen molar-refractivity contribution >= 4 is 21.8 Å². The maximum atomic E-state index is 12.7. The zero-order chi connectivity index (χ0) is 22.7. The summed E-state index contributed by atoms with van der Waals surface area (Å²) in [6, 6.07) is 5.89. The maximum Gasteiger partial charge on any atom is 0.253 e. The highest BCUT2D eigenvalue weighted by molar-refractivity contribution is 7.89. The molecule has 174 valence electrons. The molecule has 0 aliphatic carbocycles. The molecule has 0 saturated carbocycles. The Bertz CT molecular complexity index is 807. The quantitative estimate of drug-likeness (QED) is 0.408. The van der Waals surface area contributed by atoms with Crippen molar-refractivity contribution < 1.29 is 27.5 Å². The van der Waals surface area contributed by atoms with Crippen LogP contribution in [0.1, 0.15) is 16.8 Å². The first kappa shape index (κ1) is 25.2. The average molecular weight is 457 g/mol. The smallest absolute Gasteiger partial charge is 0.253 e. The topological polar surface area (TPSA) is 117 Å². The first-order valence-corrected chi connectivity index (χ1v) is 11.7. The van der Waals surface area contributed by atoms with Crippen molar-refractivity contribution in [3.8, 4) is 0 Å². The van der Waals surface area contributed by atoms with Gasteiger partial charge in [0.15, 0.2) is 0 Å². The lowest BCUT2D eigenvalue weighted by atomic mass is 10.2. The molecule has 11 heteroatoms. The fraction of sp³-hybridized carbons (Fsp3) is 0.600. The van der Waals surface area contributed by atoms with Gasteiger partial charge in [-0.3, -0.25) is 14.5 Å². The van der Waals surface area contributed by atoms with E-state index in [2.05, 4.69) is 10.0 Å². The molecule has 0 aromatic heterocycles. The average Bonchev–Trinajstić information content (AvgIpc) is 2.77. The number of nitrogens with zero attached hydrogens (tertiary/aromatic N) is 2. The molecule has 1 aliphatic heterocycles. The van der Waals surface area contributed by atoms with Crippen LogP contribution in [0, 0.1) is 0 Å². The second-order valence-electron chi connectivity index (χ2n) is 7.18. The Labute approximate surface area is 183 Å². The van der Waals surface area contributed by atoms with Crippen LogP contribution in [0.5, 0.6) is 0 Å². The molecule has 1 aromatic rings. The number of hydrogen-bond acceptors (Lipinski definition) is 7. The lowest BCUT2D eigenvalue weighted by Crippen LogP contribution is -2.51. The highest BCUT2D eigenvalue weighted by atomic mass is 32.2. The molecule has 10 nitrogen and oxygen atoms in total. The van der Waals surface area contributed by atoms with E-state index in [1.165, 1.54) is 31.4 Å². The summed E-state index contributed by atoms with van der Waals surface area (Å²) in [4.78, 5) is 28.5. The van der Waals surface area contributed by atoms with Crippen LogP contribution in [-0.4, -0.2) is 103 Å². The summed E-state index contributed by atoms with van der Waals surface area (Å²) in [7, 11) is -0.516. The predicted molar refractivity (Wildman–Crippen MR) is 115 cm³/mol. The molecule has 2 amide bonds. The minimum atomic E-state index is -3.64. The van der Waals surface area contributed by atoms with Gasteiger partial charge in [0.2, 0.25) is 15.9 Å². The number of benzene rings is 1. The van der Waals surface area contributed by atoms with E-state index in [0.717, 1.165) is 6.42 Å². The summed E-state index contributed by atoms with van der Waals surface area (Å²) in [5.41, 5.74) is 0.431. The molecule has 1 heterocycles. The van der Waals surface area contributed by atoms with Gasteiger partial charge < -0.3 is 19.7 Å². The van der Waals surface area contributed by atoms with Gasteiger partial charge in [0.1, 0.15) is 0 Å². The van der Waals surface area contributed by atoms with E-state index in [1.807, 2.05) is 4.90 Å². The zero-order valence-corrected chi connectivity index (χ0v) is 18.9. The highest BCUT2D eigenvalue weighted by Crippen LogP contribution is 2.13. The Kier molecular flexibility index (Phi) is 10.3. The number of piperazine rings is 1. The van der Waals surface area contributed by atoms with Crippen molar-refractivity contribution in [2.24, 2.45) is 0 Å². The van der Waals surface area contributed by atoms with Gasteiger partial charge in [0.25, 0.3) is 5.91 Å². The number of sulfonamides is 1. The Hall–Kier alpha value is -2.05. The third-order valence-corrected chi connectivity index (χ3v) is 6.36. The minimum absolute atomic E-state index is 0.0354. The molecular formula is C20H32N4O6S. The molecular weight excluding hydrogens is 424 g/mol. The van der Waals surface area contributed by atoms with Gasteiger partial charge >= 0.3 is 0 Å². The lowest BCUT2D eigenvalue weighted by molar-refractivity contribution is -0.122. The Morgan fingerprint density at radius 1 is 0.968 bits per heavy atom. The third-order valence-electron chi connectivity index (χ3n) is 4.88. The second kappa shape index (κ2) is 12.7. The number of carbonyl (C=O) groups excluding carboxylic acids is 2. The second-order valence-corrected chi connectivity index (χ2v) is 8.95. The van der Waals surface area contributed by atoms with Crippen molar-refractivity contribution in [3.63, 3.8) is 0 Å². The highest BCUT2D eigenvalue weighted by Gasteiger charge is 2.23. The van der Waals surface area contributed by atoms with Gasteiger partial charge in [-0.15, -0.1) is 0 Å². The van der Waals surface area contributed by atoms with Gasteiger partial charge in [-0.05, 0) is 30.7 Å². The van der Waals surface area contributed by atoms with E-state index in [1.54, 1.807) is 12.0 Å². The van der Waals surface area contributed by atoms with Gasteiger partial charge in [-0.1, -0.05) is 0 Å². The number of carbonyl (C=O) groups is 2. The summed E-state index contributed by atoms with van der Waals surface area (Å²) in [6.45, 7) is 4.17. The predicted octanol–water partition coefficient (Wildman–Crippen LogP) is -0.478. The van der Waals surface area contributed by atoms with E-state index in [9.17, 15) is 18.0 Å². The number of rotatable bonds is 12. The molecule has 0 radical (unpaired) electrons. The van der Waals surface area contributed by atoms with E-state index in [4.69, 9.17) is 9.47 Å². The number of ether oxygens (including phenoxy) is 2. The van der Waals surface area contributed by atoms with Crippen molar-refractivity contribution in [1.29, 1.82) is 0 Å². The molecule has 0 unspecified atom stereocenters. The summed E-state index contributed by atoms with van der Waals surface area (Å²) in [5, 5.41) is 2.86. The molecule has 2 rings (SSSR count). The Balaban J connectivity index is 1.81. The molecule has 31 heavy (non-hydrogen) atoms. The maximum absolute atomic E-state index is 12.7. The monoisotopic (exact) mass is 456 g/mol. The van der Waals surface area contributed by atoms with Crippen LogP contribution in [-0.2, 0) is 24.3 Å². The number of hydrogen-bond donors (Lipinski definition) is 2. The lowest BCUT2D eigenvalue weighted by Gasteiger charge is -2.34. The fourth-order valence-electron chi connectivity index (χ4n) is 3.13. The Morgan fingerprint density at radius 2 is 1.61 bits per heavy atom. The molecule has 0 spiro atoms. The van der Waals surface area contributed by atoms with Crippen molar-refractivity contribution in [3.05, 3.63) is 29.8 Å². The molecule has 0 bridgehead atoms. The van der Waals surface area contributed by atoms with Crippen molar-refractivity contribution in [1.82, 2.24) is 19.8 Å². The van der Waals surface area contributed by atoms with Crippen LogP contribution in [0.25, 0.3) is 0 Å². The molecule has 1 aromatic carbocycles. The van der Waals surface area contributed by atoms with E-state index in [0.29, 0.717) is 51.4 Å². The molecule has 1 saturated heterocycles. The van der Waals surface area contributed by atoms with E-state index >= 15 is 0 Å². The number of methoxy groups -OCH3 is 2. The van der Waals surface area contributed by atoms with E-state index < -0.39 is 10.0 Å². The van der Waals surface area contributed by atoms with Crippen LogP contribution in [0.15, 0.2) is 29.2 Å². The third kappa shape index (κ3) is 8.19. The van der Waals surface area contributed by atoms with Crippen LogP contribution >= 0.6 is 0 Å². The van der Waals surface area contributed by atoms with Crippen LogP contribution in [0.2, 0.25) is 0 Å². The number of nitrogens with one attached hydrogen (secondary N) is 2. The molecule has 2 N–H and O–H groups in total. The normalized spacial score (nSPS) is 15.1. The first-order chi connectivity index (χ1) is 14.9. The minimum Gasteiger partial charge on any atom is -0.385 e. The van der Waals surface area contributed by atoms with Crippen LogP contribution in [0.3, 0.4) is 0 Å². The Morgan fingerprint density at radius 3 is 2.23 bits per heavy atom. The largest absolute Gasteiger partial charge is 0.385 e.